The van der Waals surface area contributed by atoms with Crippen LogP contribution in [0.15, 0.2) is 6.07 Å². The Bertz CT molecular complexity index is 711. The van der Waals surface area contributed by atoms with Gasteiger partial charge in [-0.25, -0.2) is 9.07 Å². The van der Waals surface area contributed by atoms with Crippen molar-refractivity contribution in [3.05, 3.63) is 17.4 Å². The van der Waals surface area contributed by atoms with E-state index in [0.717, 1.165) is 0 Å². The molecule has 1 aromatic heterocycles. The maximum absolute atomic E-state index is 14.7. The molecule has 3 rings (SSSR count). The average molecular weight is 291 g/mol. The zero-order valence-corrected chi connectivity index (χ0v) is 13.2. The maximum atomic E-state index is 14.7. The maximum Gasteiger partial charge on any atom is 0.497 e. The molecule has 1 aromatic carbocycles. The van der Waals surface area contributed by atoms with E-state index in [1.807, 2.05) is 27.7 Å². The Labute approximate surface area is 123 Å². The first-order valence-electron chi connectivity index (χ1n) is 6.98. The third-order valence-corrected chi connectivity index (χ3v) is 4.59. The largest absolute Gasteiger partial charge is 0.497 e. The molecule has 7 heteroatoms. The van der Waals surface area contributed by atoms with Gasteiger partial charge in [0.05, 0.1) is 16.7 Å². The number of benzene rings is 1. The van der Waals surface area contributed by atoms with Gasteiger partial charge in [-0.1, -0.05) is 5.21 Å². The third-order valence-electron chi connectivity index (χ3n) is 4.59. The Kier molecular flexibility index (Phi) is 2.94. The molecule has 1 aliphatic heterocycles. The Balaban J connectivity index is 2.13. The van der Waals surface area contributed by atoms with E-state index in [4.69, 9.17) is 9.31 Å². The van der Waals surface area contributed by atoms with Crippen LogP contribution in [-0.4, -0.2) is 33.3 Å². The normalized spacial score (nSPS) is 20.4. The first-order chi connectivity index (χ1) is 9.64. The molecule has 1 saturated heterocycles. The lowest BCUT2D eigenvalue weighted by Gasteiger charge is -2.32. The van der Waals surface area contributed by atoms with Crippen molar-refractivity contribution < 1.29 is 13.7 Å². The first kappa shape index (κ1) is 14.5. The van der Waals surface area contributed by atoms with E-state index >= 15 is 0 Å². The fourth-order valence-corrected chi connectivity index (χ4v) is 2.58. The summed E-state index contributed by atoms with van der Waals surface area (Å²) in [4.78, 5) is 0. The van der Waals surface area contributed by atoms with Gasteiger partial charge < -0.3 is 9.31 Å². The molecule has 2 heterocycles. The molecule has 0 bridgehead atoms. The molecule has 0 unspecified atom stereocenters. The van der Waals surface area contributed by atoms with E-state index < -0.39 is 18.3 Å². The Hall–Kier alpha value is -1.47. The molecule has 0 aliphatic carbocycles. The van der Waals surface area contributed by atoms with E-state index in [0.29, 0.717) is 22.1 Å². The number of halogens is 1. The molecule has 112 valence electrons. The minimum atomic E-state index is -0.736. The van der Waals surface area contributed by atoms with Gasteiger partial charge in [-0.3, -0.25) is 0 Å². The van der Waals surface area contributed by atoms with Crippen molar-refractivity contribution in [3.8, 4) is 0 Å². The van der Waals surface area contributed by atoms with Crippen molar-refractivity contribution in [2.45, 2.75) is 45.8 Å². The fourth-order valence-electron chi connectivity index (χ4n) is 2.58. The lowest BCUT2D eigenvalue weighted by Crippen LogP contribution is -2.41. The van der Waals surface area contributed by atoms with E-state index in [-0.39, 0.29) is 5.82 Å². The molecule has 2 aromatic rings. The van der Waals surface area contributed by atoms with Gasteiger partial charge in [0.15, 0.2) is 0 Å². The van der Waals surface area contributed by atoms with Crippen molar-refractivity contribution in [2.24, 2.45) is 7.05 Å². The Morgan fingerprint density at radius 3 is 2.33 bits per heavy atom. The van der Waals surface area contributed by atoms with Crippen molar-refractivity contribution in [3.63, 3.8) is 0 Å². The molecule has 0 N–H and O–H groups in total. The fraction of sp³-hybridized carbons (Fsp3) is 0.571. The van der Waals surface area contributed by atoms with Crippen LogP contribution < -0.4 is 5.46 Å². The molecule has 0 spiro atoms. The van der Waals surface area contributed by atoms with Crippen molar-refractivity contribution >= 4 is 23.6 Å². The summed E-state index contributed by atoms with van der Waals surface area (Å²) in [5.74, 6) is -0.327. The highest BCUT2D eigenvalue weighted by Crippen LogP contribution is 2.37. The second kappa shape index (κ2) is 4.27. The number of aryl methyl sites for hydroxylation is 2. The van der Waals surface area contributed by atoms with Crippen LogP contribution in [0.1, 0.15) is 33.3 Å². The number of nitrogens with zero attached hydrogens (tertiary/aromatic N) is 3. The number of fused-ring (bicyclic) bond motifs is 1. The average Bonchev–Trinajstić information content (AvgIpc) is 2.82. The summed E-state index contributed by atoms with van der Waals surface area (Å²) in [6.45, 7) is 9.49. The van der Waals surface area contributed by atoms with Gasteiger partial charge in [0.1, 0.15) is 11.3 Å². The minimum absolute atomic E-state index is 0.327. The van der Waals surface area contributed by atoms with Crippen LogP contribution in [0.25, 0.3) is 11.0 Å². The molecular formula is C14H19BFN3O2. The summed E-state index contributed by atoms with van der Waals surface area (Å²) in [7, 11) is 1.01. The number of hydrogen-bond donors (Lipinski definition) is 0. The van der Waals surface area contributed by atoms with Crippen LogP contribution >= 0.6 is 0 Å². The molecule has 0 saturated carbocycles. The van der Waals surface area contributed by atoms with Crippen molar-refractivity contribution in [1.29, 1.82) is 0 Å². The molecular weight excluding hydrogens is 272 g/mol. The monoisotopic (exact) mass is 291 g/mol. The molecule has 1 aliphatic rings. The summed E-state index contributed by atoms with van der Waals surface area (Å²) in [6, 6.07) is 1.66. The van der Waals surface area contributed by atoms with Crippen molar-refractivity contribution in [2.75, 3.05) is 0 Å². The molecule has 0 amide bonds. The smallest absolute Gasteiger partial charge is 0.399 e. The predicted octanol–water partition coefficient (Wildman–Crippen LogP) is 1.72. The second-order valence-electron chi connectivity index (χ2n) is 6.57. The minimum Gasteiger partial charge on any atom is -0.399 e. The lowest BCUT2D eigenvalue weighted by molar-refractivity contribution is 0.00578. The van der Waals surface area contributed by atoms with Crippen molar-refractivity contribution in [1.82, 2.24) is 15.0 Å². The van der Waals surface area contributed by atoms with Crippen LogP contribution in [0.5, 0.6) is 0 Å². The van der Waals surface area contributed by atoms with E-state index in [1.54, 1.807) is 24.7 Å². The molecule has 0 atom stereocenters. The molecule has 5 nitrogen and oxygen atoms in total. The van der Waals surface area contributed by atoms with Gasteiger partial charge in [-0.2, -0.15) is 0 Å². The summed E-state index contributed by atoms with van der Waals surface area (Å²) < 4.78 is 28.1. The number of hydrogen-bond acceptors (Lipinski definition) is 4. The highest BCUT2D eigenvalue weighted by Gasteiger charge is 2.52. The van der Waals surface area contributed by atoms with E-state index in [2.05, 4.69) is 10.3 Å². The van der Waals surface area contributed by atoms with Crippen LogP contribution in [0.4, 0.5) is 4.39 Å². The van der Waals surface area contributed by atoms with Gasteiger partial charge >= 0.3 is 7.12 Å². The SMILES string of the molecule is Cc1c(F)c(B2OC(C)(C)C(C)(C)O2)cc2nnn(C)c12. The topological polar surface area (TPSA) is 49.2 Å². The van der Waals surface area contributed by atoms with Crippen LogP contribution in [0.2, 0.25) is 0 Å². The lowest BCUT2D eigenvalue weighted by atomic mass is 9.77. The molecule has 21 heavy (non-hydrogen) atoms. The van der Waals surface area contributed by atoms with Gasteiger partial charge in [0.25, 0.3) is 0 Å². The number of rotatable bonds is 1. The highest BCUT2D eigenvalue weighted by molar-refractivity contribution is 6.62. The Morgan fingerprint density at radius 2 is 1.76 bits per heavy atom. The van der Waals surface area contributed by atoms with Gasteiger partial charge in [-0.05, 0) is 40.7 Å². The predicted molar refractivity (Wildman–Crippen MR) is 78.9 cm³/mol. The van der Waals surface area contributed by atoms with Gasteiger partial charge in [0, 0.05) is 18.1 Å². The van der Waals surface area contributed by atoms with Gasteiger partial charge in [0.2, 0.25) is 0 Å². The number of aromatic nitrogens is 3. The summed E-state index contributed by atoms with van der Waals surface area (Å²) in [6.07, 6.45) is 0. The van der Waals surface area contributed by atoms with Crippen LogP contribution in [0.3, 0.4) is 0 Å². The Morgan fingerprint density at radius 1 is 1.19 bits per heavy atom. The second-order valence-corrected chi connectivity index (χ2v) is 6.57. The third kappa shape index (κ3) is 1.98. The highest BCUT2D eigenvalue weighted by atomic mass is 19.1. The summed E-state index contributed by atoms with van der Waals surface area (Å²) in [5.41, 5.74) is 1.20. The molecule has 1 fully saturated rings. The van der Waals surface area contributed by atoms with Gasteiger partial charge in [-0.15, -0.1) is 5.10 Å². The zero-order chi connectivity index (χ0) is 15.6. The van der Waals surface area contributed by atoms with Crippen LogP contribution in [0, 0.1) is 12.7 Å². The standard InChI is InChI=1S/C14H19BFN3O2/c1-8-11(16)9(7-10-12(8)19(6)18-17-10)15-20-13(2,3)14(4,5)21-15/h7H,1-6H3. The first-order valence-corrected chi connectivity index (χ1v) is 6.98. The van der Waals surface area contributed by atoms with E-state index in [1.165, 1.54) is 0 Å². The van der Waals surface area contributed by atoms with E-state index in [9.17, 15) is 4.39 Å². The summed E-state index contributed by atoms with van der Waals surface area (Å²) in [5, 5.41) is 8.00. The zero-order valence-electron chi connectivity index (χ0n) is 13.2. The van der Waals surface area contributed by atoms with Crippen LogP contribution in [-0.2, 0) is 16.4 Å². The summed E-state index contributed by atoms with van der Waals surface area (Å²) >= 11 is 0. The molecule has 0 radical (unpaired) electrons. The quantitative estimate of drug-likeness (QED) is 0.751.